The highest BCUT2D eigenvalue weighted by molar-refractivity contribution is 5.77. The monoisotopic (exact) mass is 222 g/mol. The Labute approximate surface area is 104 Å². The van der Waals surface area contributed by atoms with Crippen molar-refractivity contribution < 1.29 is 0 Å². The SMILES string of the molecule is C=Cc1ccc(C)cc1-c1ccc(C)cc1C. The summed E-state index contributed by atoms with van der Waals surface area (Å²) < 4.78 is 0. The van der Waals surface area contributed by atoms with Crippen LogP contribution in [-0.4, -0.2) is 0 Å². The van der Waals surface area contributed by atoms with Crippen molar-refractivity contribution in [1.29, 1.82) is 0 Å². The van der Waals surface area contributed by atoms with Crippen LogP contribution in [0.5, 0.6) is 0 Å². The molecule has 0 amide bonds. The normalized spacial score (nSPS) is 10.3. The van der Waals surface area contributed by atoms with E-state index in [1.807, 2.05) is 6.08 Å². The van der Waals surface area contributed by atoms with Gasteiger partial charge in [0.2, 0.25) is 0 Å². The molecule has 86 valence electrons. The maximum atomic E-state index is 3.89. The Hall–Kier alpha value is -1.82. The van der Waals surface area contributed by atoms with Crippen molar-refractivity contribution in [3.63, 3.8) is 0 Å². The summed E-state index contributed by atoms with van der Waals surface area (Å²) in [6.45, 7) is 10.3. The van der Waals surface area contributed by atoms with Gasteiger partial charge in [-0.25, -0.2) is 0 Å². The van der Waals surface area contributed by atoms with Crippen molar-refractivity contribution >= 4 is 6.08 Å². The Kier molecular flexibility index (Phi) is 3.14. The molecule has 0 heteroatoms. The van der Waals surface area contributed by atoms with E-state index in [2.05, 4.69) is 63.7 Å². The lowest BCUT2D eigenvalue weighted by molar-refractivity contribution is 1.37. The minimum atomic E-state index is 1.20. The molecule has 0 aromatic heterocycles. The van der Waals surface area contributed by atoms with Gasteiger partial charge < -0.3 is 0 Å². The lowest BCUT2D eigenvalue weighted by Crippen LogP contribution is -1.89. The Balaban J connectivity index is 2.66. The van der Waals surface area contributed by atoms with Crippen molar-refractivity contribution in [3.05, 3.63) is 65.2 Å². The highest BCUT2D eigenvalue weighted by atomic mass is 14.1. The molecular formula is C17H18. The predicted molar refractivity (Wildman–Crippen MR) is 76.2 cm³/mol. The smallest absolute Gasteiger partial charge is 0.0106 e. The van der Waals surface area contributed by atoms with Crippen molar-refractivity contribution in [3.8, 4) is 11.1 Å². The second-order valence-corrected chi connectivity index (χ2v) is 4.61. The van der Waals surface area contributed by atoms with Crippen molar-refractivity contribution in [2.24, 2.45) is 0 Å². The summed E-state index contributed by atoms with van der Waals surface area (Å²) in [5.41, 5.74) is 7.68. The maximum Gasteiger partial charge on any atom is -0.0106 e. The lowest BCUT2D eigenvalue weighted by Gasteiger charge is -2.11. The first-order valence-electron chi connectivity index (χ1n) is 5.92. The van der Waals surface area contributed by atoms with E-state index in [0.717, 1.165) is 0 Å². The first-order chi connectivity index (χ1) is 8.11. The zero-order valence-corrected chi connectivity index (χ0v) is 10.7. The first-order valence-corrected chi connectivity index (χ1v) is 5.92. The zero-order chi connectivity index (χ0) is 12.4. The van der Waals surface area contributed by atoms with E-state index >= 15 is 0 Å². The van der Waals surface area contributed by atoms with Crippen LogP contribution in [0.1, 0.15) is 22.3 Å². The van der Waals surface area contributed by atoms with Crippen molar-refractivity contribution in [2.75, 3.05) is 0 Å². The second-order valence-electron chi connectivity index (χ2n) is 4.61. The summed E-state index contributed by atoms with van der Waals surface area (Å²) in [5.74, 6) is 0. The molecule has 0 saturated heterocycles. The largest absolute Gasteiger partial charge is 0.0984 e. The van der Waals surface area contributed by atoms with Gasteiger partial charge in [0.25, 0.3) is 0 Å². The molecule has 17 heavy (non-hydrogen) atoms. The molecule has 0 N–H and O–H groups in total. The molecule has 0 atom stereocenters. The van der Waals surface area contributed by atoms with Crippen molar-refractivity contribution in [1.82, 2.24) is 0 Å². The number of hydrogen-bond acceptors (Lipinski definition) is 0. The molecule has 0 spiro atoms. The quantitative estimate of drug-likeness (QED) is 0.676. The number of aryl methyl sites for hydroxylation is 3. The van der Waals surface area contributed by atoms with Gasteiger partial charge in [-0.15, -0.1) is 0 Å². The highest BCUT2D eigenvalue weighted by Gasteiger charge is 2.06. The van der Waals surface area contributed by atoms with Gasteiger partial charge in [-0.1, -0.05) is 60.2 Å². The van der Waals surface area contributed by atoms with Gasteiger partial charge in [0.1, 0.15) is 0 Å². The summed E-state index contributed by atoms with van der Waals surface area (Å²) in [4.78, 5) is 0. The van der Waals surface area contributed by atoms with E-state index in [4.69, 9.17) is 0 Å². The zero-order valence-electron chi connectivity index (χ0n) is 10.7. The van der Waals surface area contributed by atoms with E-state index in [1.54, 1.807) is 0 Å². The van der Waals surface area contributed by atoms with Crippen LogP contribution in [0.2, 0.25) is 0 Å². The number of rotatable bonds is 2. The average molecular weight is 222 g/mol. The molecule has 0 unspecified atom stereocenters. The molecule has 0 aliphatic heterocycles. The third-order valence-corrected chi connectivity index (χ3v) is 3.10. The van der Waals surface area contributed by atoms with E-state index in [0.29, 0.717) is 0 Å². The van der Waals surface area contributed by atoms with Gasteiger partial charge in [0.15, 0.2) is 0 Å². The summed E-state index contributed by atoms with van der Waals surface area (Å²) in [5, 5.41) is 0. The van der Waals surface area contributed by atoms with E-state index < -0.39 is 0 Å². The van der Waals surface area contributed by atoms with Crippen molar-refractivity contribution in [2.45, 2.75) is 20.8 Å². The molecule has 0 aliphatic carbocycles. The lowest BCUT2D eigenvalue weighted by atomic mass is 9.93. The third kappa shape index (κ3) is 2.31. The molecule has 2 aromatic rings. The molecule has 0 saturated carbocycles. The topological polar surface area (TPSA) is 0 Å². The standard InChI is InChI=1S/C17H18/c1-5-15-8-6-13(3)11-17(15)16-9-7-12(2)10-14(16)4/h5-11H,1H2,2-4H3. The summed E-state index contributed by atoms with van der Waals surface area (Å²) in [6.07, 6.45) is 1.92. The van der Waals surface area contributed by atoms with Crippen LogP contribution < -0.4 is 0 Å². The Morgan fingerprint density at radius 2 is 1.47 bits per heavy atom. The van der Waals surface area contributed by atoms with E-state index in [1.165, 1.54) is 33.4 Å². The van der Waals surface area contributed by atoms with Crippen LogP contribution in [0, 0.1) is 20.8 Å². The minimum Gasteiger partial charge on any atom is -0.0984 e. The number of hydrogen-bond donors (Lipinski definition) is 0. The fraction of sp³-hybridized carbons (Fsp3) is 0.176. The molecule has 0 radical (unpaired) electrons. The predicted octanol–water partition coefficient (Wildman–Crippen LogP) is 4.92. The molecule has 0 fully saturated rings. The van der Waals surface area contributed by atoms with Crippen LogP contribution in [0.4, 0.5) is 0 Å². The third-order valence-electron chi connectivity index (χ3n) is 3.10. The molecular weight excluding hydrogens is 204 g/mol. The van der Waals surface area contributed by atoms with Crippen LogP contribution in [0.3, 0.4) is 0 Å². The van der Waals surface area contributed by atoms with Gasteiger partial charge in [0, 0.05) is 0 Å². The first kappa shape index (κ1) is 11.7. The van der Waals surface area contributed by atoms with Gasteiger partial charge in [-0.3, -0.25) is 0 Å². The fourth-order valence-electron chi connectivity index (χ4n) is 2.20. The molecule has 2 aromatic carbocycles. The summed E-state index contributed by atoms with van der Waals surface area (Å²) in [6, 6.07) is 13.1. The molecule has 2 rings (SSSR count). The fourth-order valence-corrected chi connectivity index (χ4v) is 2.20. The highest BCUT2D eigenvalue weighted by Crippen LogP contribution is 2.29. The van der Waals surface area contributed by atoms with Crippen LogP contribution in [0.25, 0.3) is 17.2 Å². The van der Waals surface area contributed by atoms with E-state index in [-0.39, 0.29) is 0 Å². The second kappa shape index (κ2) is 4.58. The number of benzene rings is 2. The molecule has 0 aliphatic rings. The summed E-state index contributed by atoms with van der Waals surface area (Å²) >= 11 is 0. The van der Waals surface area contributed by atoms with Gasteiger partial charge in [-0.2, -0.15) is 0 Å². The Morgan fingerprint density at radius 1 is 0.824 bits per heavy atom. The van der Waals surface area contributed by atoms with Crippen LogP contribution in [-0.2, 0) is 0 Å². The summed E-state index contributed by atoms with van der Waals surface area (Å²) in [7, 11) is 0. The van der Waals surface area contributed by atoms with Gasteiger partial charge in [0.05, 0.1) is 0 Å². The van der Waals surface area contributed by atoms with Gasteiger partial charge >= 0.3 is 0 Å². The molecule has 0 heterocycles. The molecule has 0 bridgehead atoms. The van der Waals surface area contributed by atoms with Crippen LogP contribution >= 0.6 is 0 Å². The average Bonchev–Trinajstić information content (AvgIpc) is 2.29. The maximum absolute atomic E-state index is 3.89. The molecule has 0 nitrogen and oxygen atoms in total. The van der Waals surface area contributed by atoms with Crippen LogP contribution in [0.15, 0.2) is 43.0 Å². The minimum absolute atomic E-state index is 1.20. The Morgan fingerprint density at radius 3 is 2.12 bits per heavy atom. The van der Waals surface area contributed by atoms with Gasteiger partial charge in [-0.05, 0) is 43.0 Å². The Bertz CT molecular complexity index is 562. The van der Waals surface area contributed by atoms with E-state index in [9.17, 15) is 0 Å².